The normalized spacial score (nSPS) is 16.8. The van der Waals surface area contributed by atoms with E-state index in [9.17, 15) is 9.59 Å². The number of carbonyl (C=O) groups is 2. The van der Waals surface area contributed by atoms with E-state index in [0.717, 1.165) is 22.6 Å². The van der Waals surface area contributed by atoms with E-state index in [2.05, 4.69) is 24.2 Å². The molecule has 1 aliphatic heterocycles. The monoisotopic (exact) mass is 356 g/mol. The van der Waals surface area contributed by atoms with Gasteiger partial charge in [-0.2, -0.15) is 5.10 Å². The fourth-order valence-corrected chi connectivity index (χ4v) is 3.62. The molecule has 25 heavy (non-hydrogen) atoms. The maximum atomic E-state index is 12.5. The molecule has 0 fully saturated rings. The van der Waals surface area contributed by atoms with Crippen LogP contribution in [-0.4, -0.2) is 27.7 Å². The third-order valence-electron chi connectivity index (χ3n) is 4.30. The Labute approximate surface area is 150 Å². The molecule has 6 heteroatoms. The predicted molar refractivity (Wildman–Crippen MR) is 97.7 cm³/mol. The average molecular weight is 356 g/mol. The molecular weight excluding hydrogens is 336 g/mol. The number of carboxylic acid groups (broad SMARTS) is 1. The van der Waals surface area contributed by atoms with Crippen LogP contribution in [0.1, 0.15) is 48.2 Å². The van der Waals surface area contributed by atoms with E-state index >= 15 is 0 Å². The van der Waals surface area contributed by atoms with Crippen molar-refractivity contribution in [3.05, 3.63) is 57.8 Å². The zero-order chi connectivity index (χ0) is 17.8. The van der Waals surface area contributed by atoms with Gasteiger partial charge in [0.2, 0.25) is 5.91 Å². The highest BCUT2D eigenvalue weighted by atomic mass is 32.1. The van der Waals surface area contributed by atoms with Crippen molar-refractivity contribution in [3.63, 3.8) is 0 Å². The Morgan fingerprint density at radius 1 is 1.24 bits per heavy atom. The Bertz CT molecular complexity index is 782. The summed E-state index contributed by atoms with van der Waals surface area (Å²) in [7, 11) is 0. The summed E-state index contributed by atoms with van der Waals surface area (Å²) in [5, 5.41) is 16.8. The number of aliphatic carboxylic acids is 1. The van der Waals surface area contributed by atoms with Gasteiger partial charge in [0.1, 0.15) is 0 Å². The van der Waals surface area contributed by atoms with E-state index in [1.54, 1.807) is 11.3 Å². The number of hydrogen-bond donors (Lipinski definition) is 1. The number of amides is 1. The van der Waals surface area contributed by atoms with Gasteiger partial charge >= 0.3 is 5.97 Å². The molecule has 0 saturated heterocycles. The Hall–Kier alpha value is -2.47. The smallest absolute Gasteiger partial charge is 0.303 e. The number of carbonyl (C=O) groups excluding carboxylic acids is 1. The van der Waals surface area contributed by atoms with Crippen LogP contribution in [0.2, 0.25) is 0 Å². The van der Waals surface area contributed by atoms with Crippen LogP contribution in [-0.2, 0) is 16.0 Å². The first-order chi connectivity index (χ1) is 12.1. The van der Waals surface area contributed by atoms with Gasteiger partial charge in [0.25, 0.3) is 0 Å². The first-order valence-corrected chi connectivity index (χ1v) is 9.20. The summed E-state index contributed by atoms with van der Waals surface area (Å²) >= 11 is 1.59. The van der Waals surface area contributed by atoms with E-state index in [0.29, 0.717) is 6.42 Å². The zero-order valence-electron chi connectivity index (χ0n) is 14.0. The number of aryl methyl sites for hydroxylation is 1. The summed E-state index contributed by atoms with van der Waals surface area (Å²) < 4.78 is 0. The SMILES string of the molecule is CCc1ccc(C2CC(c3cccs3)=NN2C(=O)CCC(=O)O)cc1. The number of rotatable bonds is 6. The van der Waals surface area contributed by atoms with Crippen LogP contribution in [0.3, 0.4) is 0 Å². The minimum Gasteiger partial charge on any atom is -0.481 e. The molecule has 5 nitrogen and oxygen atoms in total. The quantitative estimate of drug-likeness (QED) is 0.854. The van der Waals surface area contributed by atoms with E-state index in [-0.39, 0.29) is 24.8 Å². The maximum absolute atomic E-state index is 12.5. The highest BCUT2D eigenvalue weighted by Gasteiger charge is 2.33. The van der Waals surface area contributed by atoms with Crippen LogP contribution in [0, 0.1) is 0 Å². The second kappa shape index (κ2) is 7.61. The van der Waals surface area contributed by atoms with E-state index < -0.39 is 5.97 Å². The fraction of sp³-hybridized carbons (Fsp3) is 0.316. The Kier molecular flexibility index (Phi) is 5.28. The minimum atomic E-state index is -0.973. The van der Waals surface area contributed by atoms with Crippen LogP contribution in [0.4, 0.5) is 0 Å². The first kappa shape index (κ1) is 17.4. The molecule has 2 heterocycles. The molecule has 0 radical (unpaired) electrons. The number of benzene rings is 1. The third kappa shape index (κ3) is 3.96. The fourth-order valence-electron chi connectivity index (χ4n) is 2.90. The molecule has 130 valence electrons. The molecule has 1 unspecified atom stereocenters. The van der Waals surface area contributed by atoms with E-state index in [1.807, 2.05) is 29.6 Å². The molecular formula is C19H20N2O3S. The van der Waals surface area contributed by atoms with Crippen molar-refractivity contribution in [2.45, 2.75) is 38.6 Å². The summed E-state index contributed by atoms with van der Waals surface area (Å²) in [4.78, 5) is 24.4. The van der Waals surface area contributed by atoms with Crippen molar-refractivity contribution < 1.29 is 14.7 Å². The van der Waals surface area contributed by atoms with Gasteiger partial charge in [0.05, 0.1) is 23.1 Å². The third-order valence-corrected chi connectivity index (χ3v) is 5.22. The summed E-state index contributed by atoms with van der Waals surface area (Å²) in [5.41, 5.74) is 3.14. The van der Waals surface area contributed by atoms with Crippen LogP contribution in [0.15, 0.2) is 46.9 Å². The maximum Gasteiger partial charge on any atom is 0.303 e. The lowest BCUT2D eigenvalue weighted by atomic mass is 9.99. The molecule has 1 aliphatic rings. The van der Waals surface area contributed by atoms with Crippen LogP contribution < -0.4 is 0 Å². The molecule has 3 rings (SSSR count). The molecule has 0 spiro atoms. The highest BCUT2D eigenvalue weighted by Crippen LogP contribution is 2.34. The number of hydrogen-bond acceptors (Lipinski definition) is 4. The molecule has 1 amide bonds. The van der Waals surface area contributed by atoms with Crippen molar-refractivity contribution in [2.24, 2.45) is 5.10 Å². The van der Waals surface area contributed by atoms with Gasteiger partial charge in [-0.3, -0.25) is 9.59 Å². The standard InChI is InChI=1S/C19H20N2O3S/c1-2-13-5-7-14(8-6-13)16-12-15(17-4-3-11-25-17)20-21(16)18(22)9-10-19(23)24/h3-8,11,16H,2,9-10,12H2,1H3,(H,23,24). The molecule has 0 saturated carbocycles. The summed E-state index contributed by atoms with van der Waals surface area (Å²) in [6, 6.07) is 12.0. The van der Waals surface area contributed by atoms with Gasteiger partial charge in [-0.25, -0.2) is 5.01 Å². The number of thiophene rings is 1. The van der Waals surface area contributed by atoms with Crippen LogP contribution >= 0.6 is 11.3 Å². The molecule has 0 aliphatic carbocycles. The summed E-state index contributed by atoms with van der Waals surface area (Å²) in [6.07, 6.45) is 1.38. The van der Waals surface area contributed by atoms with Gasteiger partial charge in [-0.15, -0.1) is 11.3 Å². The Balaban J connectivity index is 1.86. The van der Waals surface area contributed by atoms with Gasteiger partial charge in [-0.05, 0) is 29.0 Å². The Morgan fingerprint density at radius 2 is 2.00 bits per heavy atom. The second-order valence-corrected chi connectivity index (χ2v) is 6.92. The predicted octanol–water partition coefficient (Wildman–Crippen LogP) is 3.85. The van der Waals surface area contributed by atoms with Gasteiger partial charge < -0.3 is 5.11 Å². The molecule has 2 aromatic rings. The largest absolute Gasteiger partial charge is 0.481 e. The van der Waals surface area contributed by atoms with Crippen molar-refractivity contribution in [3.8, 4) is 0 Å². The number of carboxylic acids is 1. The molecule has 1 atom stereocenters. The molecule has 0 bridgehead atoms. The summed E-state index contributed by atoms with van der Waals surface area (Å²) in [6.45, 7) is 2.10. The van der Waals surface area contributed by atoms with E-state index in [1.165, 1.54) is 10.6 Å². The van der Waals surface area contributed by atoms with Crippen LogP contribution in [0.25, 0.3) is 0 Å². The molecule has 1 aromatic carbocycles. The topological polar surface area (TPSA) is 70.0 Å². The van der Waals surface area contributed by atoms with Gasteiger partial charge in [0.15, 0.2) is 0 Å². The van der Waals surface area contributed by atoms with Crippen molar-refractivity contribution in [2.75, 3.05) is 0 Å². The lowest BCUT2D eigenvalue weighted by Crippen LogP contribution is -2.27. The van der Waals surface area contributed by atoms with Crippen molar-refractivity contribution in [1.82, 2.24) is 5.01 Å². The summed E-state index contributed by atoms with van der Waals surface area (Å²) in [5.74, 6) is -1.22. The van der Waals surface area contributed by atoms with Crippen molar-refractivity contribution in [1.29, 1.82) is 0 Å². The number of hydrazone groups is 1. The highest BCUT2D eigenvalue weighted by molar-refractivity contribution is 7.12. The zero-order valence-corrected chi connectivity index (χ0v) is 14.8. The van der Waals surface area contributed by atoms with E-state index in [4.69, 9.17) is 5.11 Å². The lowest BCUT2D eigenvalue weighted by Gasteiger charge is -2.22. The Morgan fingerprint density at radius 3 is 2.60 bits per heavy atom. The van der Waals surface area contributed by atoms with Crippen LogP contribution in [0.5, 0.6) is 0 Å². The van der Waals surface area contributed by atoms with Crippen molar-refractivity contribution >= 4 is 28.9 Å². The average Bonchev–Trinajstić information content (AvgIpc) is 3.29. The van der Waals surface area contributed by atoms with Gasteiger partial charge in [0, 0.05) is 12.8 Å². The van der Waals surface area contributed by atoms with Gasteiger partial charge in [-0.1, -0.05) is 37.3 Å². The lowest BCUT2D eigenvalue weighted by molar-refractivity contribution is -0.141. The number of nitrogens with zero attached hydrogens (tertiary/aromatic N) is 2. The molecule has 1 aromatic heterocycles. The second-order valence-electron chi connectivity index (χ2n) is 5.97. The molecule has 1 N–H and O–H groups in total. The minimum absolute atomic E-state index is 0.0416. The first-order valence-electron chi connectivity index (χ1n) is 8.32.